The van der Waals surface area contributed by atoms with E-state index in [4.69, 9.17) is 0 Å². The molecule has 3 unspecified atom stereocenters. The van der Waals surface area contributed by atoms with Crippen molar-refractivity contribution in [2.75, 3.05) is 23.0 Å². The molecule has 0 spiro atoms. The van der Waals surface area contributed by atoms with E-state index in [-0.39, 0.29) is 35.5 Å². The average Bonchev–Trinajstić information content (AvgIpc) is 2.82. The second-order valence-electron chi connectivity index (χ2n) is 6.74. The van der Waals surface area contributed by atoms with E-state index in [0.29, 0.717) is 6.54 Å². The van der Waals surface area contributed by atoms with Crippen LogP contribution in [-0.4, -0.2) is 55.4 Å². The predicted octanol–water partition coefficient (Wildman–Crippen LogP) is 1.61. The topological polar surface area (TPSA) is 57.7 Å². The van der Waals surface area contributed by atoms with E-state index >= 15 is 0 Å². The minimum absolute atomic E-state index is 0.00694. The van der Waals surface area contributed by atoms with Crippen molar-refractivity contribution in [3.63, 3.8) is 0 Å². The standard InChI is InChI=1S/C17H24N2O3S/c1-4-13(3)18-9-17(20)19(14-7-5-12(2)6-8-14)16-11-23(21,22)10-15(16)18/h5-8,13,15-16H,4,9-11H2,1-3H3. The Morgan fingerprint density at radius 3 is 2.39 bits per heavy atom. The summed E-state index contributed by atoms with van der Waals surface area (Å²) in [5.74, 6) is 0.203. The number of nitrogens with zero attached hydrogens (tertiary/aromatic N) is 2. The number of carbonyl (C=O) groups is 1. The smallest absolute Gasteiger partial charge is 0.241 e. The van der Waals surface area contributed by atoms with Crippen LogP contribution in [0.4, 0.5) is 5.69 Å². The first-order valence-corrected chi connectivity index (χ1v) is 9.99. The molecule has 3 atom stereocenters. The fourth-order valence-corrected chi connectivity index (χ4v) is 5.63. The highest BCUT2D eigenvalue weighted by atomic mass is 32.2. The number of amides is 1. The molecular weight excluding hydrogens is 312 g/mol. The Morgan fingerprint density at radius 2 is 1.78 bits per heavy atom. The number of benzene rings is 1. The average molecular weight is 336 g/mol. The molecule has 0 bridgehead atoms. The van der Waals surface area contributed by atoms with Crippen LogP contribution in [0.5, 0.6) is 0 Å². The van der Waals surface area contributed by atoms with E-state index in [1.54, 1.807) is 4.90 Å². The van der Waals surface area contributed by atoms with Gasteiger partial charge in [0.25, 0.3) is 0 Å². The van der Waals surface area contributed by atoms with Crippen LogP contribution >= 0.6 is 0 Å². The minimum Gasteiger partial charge on any atom is -0.306 e. The number of anilines is 1. The van der Waals surface area contributed by atoms with Crippen LogP contribution in [0.1, 0.15) is 25.8 Å². The van der Waals surface area contributed by atoms with Crippen LogP contribution in [0.25, 0.3) is 0 Å². The number of fused-ring (bicyclic) bond motifs is 1. The maximum atomic E-state index is 12.8. The molecule has 5 nitrogen and oxygen atoms in total. The summed E-state index contributed by atoms with van der Waals surface area (Å²) in [6.07, 6.45) is 0.904. The van der Waals surface area contributed by atoms with E-state index in [2.05, 4.69) is 18.7 Å². The molecule has 0 aromatic heterocycles. The molecule has 0 radical (unpaired) electrons. The first-order chi connectivity index (χ1) is 10.8. The Hall–Kier alpha value is -1.40. The molecule has 2 fully saturated rings. The summed E-state index contributed by atoms with van der Waals surface area (Å²) in [5, 5.41) is 0. The van der Waals surface area contributed by atoms with E-state index in [0.717, 1.165) is 17.7 Å². The second kappa shape index (κ2) is 5.91. The SMILES string of the molecule is CCC(C)N1CC(=O)N(c2ccc(C)cc2)C2CS(=O)(=O)CC21. The predicted molar refractivity (Wildman–Crippen MR) is 91.4 cm³/mol. The lowest BCUT2D eigenvalue weighted by molar-refractivity contribution is -0.124. The Balaban J connectivity index is 1.99. The molecule has 0 N–H and O–H groups in total. The molecule has 23 heavy (non-hydrogen) atoms. The first-order valence-electron chi connectivity index (χ1n) is 8.17. The number of carbonyl (C=O) groups excluding carboxylic acids is 1. The zero-order valence-corrected chi connectivity index (χ0v) is 14.7. The van der Waals surface area contributed by atoms with Crippen LogP contribution in [0.2, 0.25) is 0 Å². The highest BCUT2D eigenvalue weighted by Gasteiger charge is 2.50. The lowest BCUT2D eigenvalue weighted by atomic mass is 10.00. The summed E-state index contributed by atoms with van der Waals surface area (Å²) >= 11 is 0. The molecule has 0 saturated carbocycles. The van der Waals surface area contributed by atoms with E-state index in [1.807, 2.05) is 31.2 Å². The first kappa shape index (κ1) is 16.5. The Kier molecular flexibility index (Phi) is 4.23. The maximum absolute atomic E-state index is 12.8. The van der Waals surface area contributed by atoms with Crippen molar-refractivity contribution in [2.45, 2.75) is 45.3 Å². The molecule has 2 aliphatic heterocycles. The summed E-state index contributed by atoms with van der Waals surface area (Å²) < 4.78 is 24.5. The van der Waals surface area contributed by atoms with Crippen molar-refractivity contribution in [1.29, 1.82) is 0 Å². The van der Waals surface area contributed by atoms with Gasteiger partial charge in [-0.25, -0.2) is 8.42 Å². The molecule has 3 rings (SSSR count). The molecule has 1 aromatic carbocycles. The van der Waals surface area contributed by atoms with Gasteiger partial charge in [0, 0.05) is 17.8 Å². The molecule has 6 heteroatoms. The van der Waals surface area contributed by atoms with Crippen LogP contribution in [-0.2, 0) is 14.6 Å². The molecule has 0 aliphatic carbocycles. The molecule has 126 valence electrons. The highest BCUT2D eigenvalue weighted by molar-refractivity contribution is 7.91. The largest absolute Gasteiger partial charge is 0.306 e. The zero-order valence-electron chi connectivity index (χ0n) is 13.9. The number of hydrogen-bond donors (Lipinski definition) is 0. The summed E-state index contributed by atoms with van der Waals surface area (Å²) in [6.45, 7) is 6.42. The van der Waals surface area contributed by atoms with Crippen molar-refractivity contribution in [1.82, 2.24) is 4.90 Å². The van der Waals surface area contributed by atoms with Gasteiger partial charge in [-0.05, 0) is 32.4 Å². The zero-order chi connectivity index (χ0) is 16.8. The lowest BCUT2D eigenvalue weighted by Crippen LogP contribution is -2.63. The van der Waals surface area contributed by atoms with Crippen molar-refractivity contribution in [3.8, 4) is 0 Å². The van der Waals surface area contributed by atoms with Crippen molar-refractivity contribution >= 4 is 21.4 Å². The van der Waals surface area contributed by atoms with Crippen molar-refractivity contribution < 1.29 is 13.2 Å². The van der Waals surface area contributed by atoms with Gasteiger partial charge >= 0.3 is 0 Å². The monoisotopic (exact) mass is 336 g/mol. The van der Waals surface area contributed by atoms with Gasteiger partial charge in [-0.15, -0.1) is 0 Å². The highest BCUT2D eigenvalue weighted by Crippen LogP contribution is 2.33. The molecule has 1 amide bonds. The van der Waals surface area contributed by atoms with Gasteiger partial charge in [-0.2, -0.15) is 0 Å². The van der Waals surface area contributed by atoms with Crippen LogP contribution < -0.4 is 4.90 Å². The van der Waals surface area contributed by atoms with Crippen LogP contribution in [0.3, 0.4) is 0 Å². The van der Waals surface area contributed by atoms with Gasteiger partial charge in [-0.3, -0.25) is 9.69 Å². The third kappa shape index (κ3) is 3.02. The van der Waals surface area contributed by atoms with Gasteiger partial charge in [0.1, 0.15) is 0 Å². The number of sulfone groups is 1. The van der Waals surface area contributed by atoms with Crippen molar-refractivity contribution in [2.24, 2.45) is 0 Å². The van der Waals surface area contributed by atoms with E-state index in [1.165, 1.54) is 0 Å². The van der Waals surface area contributed by atoms with Crippen molar-refractivity contribution in [3.05, 3.63) is 29.8 Å². The Bertz CT molecular complexity index is 699. The third-order valence-corrected chi connectivity index (χ3v) is 6.81. The fraction of sp³-hybridized carbons (Fsp3) is 0.588. The summed E-state index contributed by atoms with van der Waals surface area (Å²) in [7, 11) is -3.11. The van der Waals surface area contributed by atoms with Gasteiger partial charge in [-0.1, -0.05) is 24.6 Å². The van der Waals surface area contributed by atoms with Crippen LogP contribution in [0, 0.1) is 6.92 Å². The van der Waals surface area contributed by atoms with Gasteiger partial charge in [0.2, 0.25) is 5.91 Å². The number of aryl methyl sites for hydroxylation is 1. The Labute approximate surface area is 138 Å². The van der Waals surface area contributed by atoms with Crippen LogP contribution in [0.15, 0.2) is 24.3 Å². The van der Waals surface area contributed by atoms with Gasteiger partial charge in [0.05, 0.1) is 24.1 Å². The second-order valence-corrected chi connectivity index (χ2v) is 8.89. The Morgan fingerprint density at radius 1 is 1.17 bits per heavy atom. The summed E-state index contributed by atoms with van der Waals surface area (Å²) in [6, 6.07) is 7.57. The third-order valence-electron chi connectivity index (χ3n) is 5.11. The number of hydrogen-bond acceptors (Lipinski definition) is 4. The number of piperazine rings is 1. The summed E-state index contributed by atoms with van der Waals surface area (Å²) in [5.41, 5.74) is 1.92. The minimum atomic E-state index is -3.11. The number of rotatable bonds is 3. The molecule has 2 saturated heterocycles. The van der Waals surface area contributed by atoms with Gasteiger partial charge < -0.3 is 4.90 Å². The quantitative estimate of drug-likeness (QED) is 0.841. The lowest BCUT2D eigenvalue weighted by Gasteiger charge is -2.45. The maximum Gasteiger partial charge on any atom is 0.241 e. The molecule has 2 aliphatic rings. The molecular formula is C17H24N2O3S. The van der Waals surface area contributed by atoms with Gasteiger partial charge in [0.15, 0.2) is 9.84 Å². The fourth-order valence-electron chi connectivity index (χ4n) is 3.67. The molecule has 2 heterocycles. The van der Waals surface area contributed by atoms with E-state index < -0.39 is 9.84 Å². The van der Waals surface area contributed by atoms with E-state index in [9.17, 15) is 13.2 Å². The summed E-state index contributed by atoms with van der Waals surface area (Å²) in [4.78, 5) is 16.6. The molecule has 1 aromatic rings. The normalized spacial score (nSPS) is 28.7.